The predicted octanol–water partition coefficient (Wildman–Crippen LogP) is 2.64. The van der Waals surface area contributed by atoms with Crippen LogP contribution in [0.2, 0.25) is 0 Å². The van der Waals surface area contributed by atoms with Crippen molar-refractivity contribution in [1.29, 1.82) is 0 Å². The van der Waals surface area contributed by atoms with Crippen LogP contribution in [0.3, 0.4) is 0 Å². The number of carbonyl (C=O) groups excluding carboxylic acids is 2. The maximum atomic E-state index is 12.1. The molecular weight excluding hydrogens is 380 g/mol. The van der Waals surface area contributed by atoms with Gasteiger partial charge in [-0.05, 0) is 48.9 Å². The Labute approximate surface area is 178 Å². The lowest BCUT2D eigenvalue weighted by Gasteiger charge is -2.21. The minimum Gasteiger partial charge on any atom is -0.489 e. The number of aliphatic hydroxyl groups excluding tert-OH is 1. The number of nitrogens with one attached hydrogen (secondary N) is 1. The van der Waals surface area contributed by atoms with Gasteiger partial charge in [0.1, 0.15) is 12.4 Å². The fraction of sp³-hybridized carbons (Fsp3) is 0.375. The van der Waals surface area contributed by atoms with Crippen molar-refractivity contribution in [3.05, 3.63) is 72.1 Å². The molecule has 2 aromatic carbocycles. The van der Waals surface area contributed by atoms with Gasteiger partial charge in [0.2, 0.25) is 11.8 Å². The summed E-state index contributed by atoms with van der Waals surface area (Å²) in [5.74, 6) is -0.767. The summed E-state index contributed by atoms with van der Waals surface area (Å²) in [5.41, 5.74) is 7.44. The number of aliphatic hydroxyl groups is 1. The largest absolute Gasteiger partial charge is 0.489 e. The molecule has 0 fully saturated rings. The van der Waals surface area contributed by atoms with Gasteiger partial charge in [0.25, 0.3) is 0 Å². The second-order valence-corrected chi connectivity index (χ2v) is 7.51. The monoisotopic (exact) mass is 411 g/mol. The average Bonchev–Trinajstić information content (AvgIpc) is 2.76. The van der Waals surface area contributed by atoms with E-state index in [9.17, 15) is 14.7 Å². The Kier molecular flexibility index (Phi) is 9.35. The van der Waals surface area contributed by atoms with Crippen LogP contribution in [0.1, 0.15) is 30.9 Å². The van der Waals surface area contributed by atoms with E-state index in [0.29, 0.717) is 19.4 Å². The highest BCUT2D eigenvalue weighted by molar-refractivity contribution is 5.80. The lowest BCUT2D eigenvalue weighted by molar-refractivity contribution is -0.127. The lowest BCUT2D eigenvalue weighted by Crippen LogP contribution is -2.34. The summed E-state index contributed by atoms with van der Waals surface area (Å²) in [4.78, 5) is 23.4. The van der Waals surface area contributed by atoms with Gasteiger partial charge >= 0.3 is 0 Å². The third kappa shape index (κ3) is 7.87. The lowest BCUT2D eigenvalue weighted by atomic mass is 9.88. The summed E-state index contributed by atoms with van der Waals surface area (Å²) in [6.07, 6.45) is 2.13. The summed E-state index contributed by atoms with van der Waals surface area (Å²) in [6, 6.07) is 17.7. The first-order valence-corrected chi connectivity index (χ1v) is 10.2. The smallest absolute Gasteiger partial charge is 0.222 e. The zero-order valence-corrected chi connectivity index (χ0v) is 17.6. The second-order valence-electron chi connectivity index (χ2n) is 7.51. The second kappa shape index (κ2) is 12.0. The van der Waals surface area contributed by atoms with Gasteiger partial charge in [0, 0.05) is 18.9 Å². The van der Waals surface area contributed by atoms with Crippen molar-refractivity contribution in [2.45, 2.75) is 38.9 Å². The van der Waals surface area contributed by atoms with Crippen molar-refractivity contribution < 1.29 is 19.4 Å². The van der Waals surface area contributed by atoms with Gasteiger partial charge in [-0.3, -0.25) is 9.59 Å². The van der Waals surface area contributed by atoms with Gasteiger partial charge in [-0.25, -0.2) is 0 Å². The van der Waals surface area contributed by atoms with Gasteiger partial charge in [0.15, 0.2) is 0 Å². The predicted molar refractivity (Wildman–Crippen MR) is 116 cm³/mol. The van der Waals surface area contributed by atoms with Crippen LogP contribution >= 0.6 is 0 Å². The molecule has 0 heterocycles. The molecule has 6 nitrogen and oxygen atoms in total. The van der Waals surface area contributed by atoms with E-state index in [4.69, 9.17) is 10.5 Å². The number of amides is 2. The number of hydrogen-bond donors (Lipinski definition) is 3. The maximum absolute atomic E-state index is 12.1. The Bertz CT molecular complexity index is 793. The van der Waals surface area contributed by atoms with Crippen LogP contribution in [0.5, 0.6) is 5.75 Å². The van der Waals surface area contributed by atoms with Crippen molar-refractivity contribution in [2.24, 2.45) is 17.6 Å². The minimum atomic E-state index is -0.763. The first kappa shape index (κ1) is 23.4. The normalized spacial score (nSPS) is 13.8. The fourth-order valence-corrected chi connectivity index (χ4v) is 3.18. The average molecular weight is 412 g/mol. The van der Waals surface area contributed by atoms with Gasteiger partial charge < -0.3 is 20.9 Å². The highest BCUT2D eigenvalue weighted by atomic mass is 16.5. The molecule has 1 radical (unpaired) electrons. The van der Waals surface area contributed by atoms with E-state index < -0.39 is 23.8 Å². The number of carbonyl (C=O) groups is 2. The fourth-order valence-electron chi connectivity index (χ4n) is 3.18. The highest BCUT2D eigenvalue weighted by Gasteiger charge is 2.25. The molecule has 0 saturated heterocycles. The molecular formula is C24H31N2O4. The van der Waals surface area contributed by atoms with Crippen LogP contribution in [0, 0.1) is 18.3 Å². The summed E-state index contributed by atoms with van der Waals surface area (Å²) in [6.45, 7) is 2.20. The van der Waals surface area contributed by atoms with Crippen LogP contribution < -0.4 is 15.8 Å². The Morgan fingerprint density at radius 2 is 1.73 bits per heavy atom. The molecule has 1 unspecified atom stereocenters. The van der Waals surface area contributed by atoms with E-state index in [1.807, 2.05) is 54.6 Å². The topological polar surface area (TPSA) is 102 Å². The number of benzene rings is 2. The third-order valence-electron chi connectivity index (χ3n) is 5.06. The van der Waals surface area contributed by atoms with Crippen LogP contribution in [-0.4, -0.2) is 30.1 Å². The third-order valence-corrected chi connectivity index (χ3v) is 5.06. The summed E-state index contributed by atoms with van der Waals surface area (Å²) in [5, 5.41) is 13.0. The van der Waals surface area contributed by atoms with Gasteiger partial charge in [-0.2, -0.15) is 0 Å². The standard InChI is InChI=1S/C24H31N2O4/c1-17(23(25)28)14-20(24(29)26-2)15-21(27)11-8-18-9-12-22(13-10-18)30-16-19-6-4-3-5-7-19/h3-7,9-13,17,20-21,27H,8,14-16H2,1-2H3,(H2,25,28)(H,26,29)/t17?,20-,21+/m1/s1. The van der Waals surface area contributed by atoms with E-state index >= 15 is 0 Å². The molecule has 0 aliphatic rings. The van der Waals surface area contributed by atoms with E-state index in [0.717, 1.165) is 16.9 Å². The molecule has 2 amide bonds. The number of nitrogens with two attached hydrogens (primary N) is 1. The van der Waals surface area contributed by atoms with Crippen LogP contribution in [0.25, 0.3) is 0 Å². The first-order chi connectivity index (χ1) is 14.4. The Morgan fingerprint density at radius 1 is 1.07 bits per heavy atom. The van der Waals surface area contributed by atoms with Crippen molar-refractivity contribution >= 4 is 11.8 Å². The van der Waals surface area contributed by atoms with E-state index in [1.165, 1.54) is 0 Å². The molecule has 0 saturated carbocycles. The Balaban J connectivity index is 1.81. The minimum absolute atomic E-state index is 0.199. The zero-order valence-electron chi connectivity index (χ0n) is 17.6. The number of rotatable bonds is 12. The molecule has 0 aliphatic heterocycles. The summed E-state index contributed by atoms with van der Waals surface area (Å²) < 4.78 is 5.78. The molecule has 0 aromatic heterocycles. The maximum Gasteiger partial charge on any atom is 0.222 e. The molecule has 6 heteroatoms. The molecule has 0 bridgehead atoms. The number of hydrogen-bond acceptors (Lipinski definition) is 4. The molecule has 2 rings (SSSR count). The molecule has 4 N–H and O–H groups in total. The Hall–Kier alpha value is -2.86. The van der Waals surface area contributed by atoms with E-state index in [1.54, 1.807) is 20.4 Å². The number of primary amides is 1. The zero-order chi connectivity index (χ0) is 21.9. The van der Waals surface area contributed by atoms with Gasteiger partial charge in [-0.1, -0.05) is 49.4 Å². The molecule has 0 aliphatic carbocycles. The Morgan fingerprint density at radius 3 is 2.33 bits per heavy atom. The van der Waals surface area contributed by atoms with Crippen molar-refractivity contribution in [3.8, 4) is 5.75 Å². The number of ether oxygens (including phenoxy) is 1. The van der Waals surface area contributed by atoms with E-state index in [2.05, 4.69) is 5.32 Å². The van der Waals surface area contributed by atoms with Crippen molar-refractivity contribution in [3.63, 3.8) is 0 Å². The molecule has 161 valence electrons. The molecule has 3 atom stereocenters. The first-order valence-electron chi connectivity index (χ1n) is 10.2. The van der Waals surface area contributed by atoms with Crippen molar-refractivity contribution in [1.82, 2.24) is 5.32 Å². The highest BCUT2D eigenvalue weighted by Crippen LogP contribution is 2.21. The quantitative estimate of drug-likeness (QED) is 0.500. The van der Waals surface area contributed by atoms with Crippen LogP contribution in [0.15, 0.2) is 54.6 Å². The molecule has 2 aromatic rings. The van der Waals surface area contributed by atoms with Gasteiger partial charge in [0.05, 0.1) is 6.10 Å². The van der Waals surface area contributed by atoms with Crippen LogP contribution in [0.4, 0.5) is 0 Å². The van der Waals surface area contributed by atoms with E-state index in [-0.39, 0.29) is 12.3 Å². The molecule has 0 spiro atoms. The van der Waals surface area contributed by atoms with Crippen molar-refractivity contribution in [2.75, 3.05) is 7.05 Å². The van der Waals surface area contributed by atoms with Crippen LogP contribution in [-0.2, 0) is 22.6 Å². The summed E-state index contributed by atoms with van der Waals surface area (Å²) in [7, 11) is 1.54. The van der Waals surface area contributed by atoms with Gasteiger partial charge in [-0.15, -0.1) is 0 Å². The molecule has 30 heavy (non-hydrogen) atoms. The summed E-state index contributed by atoms with van der Waals surface area (Å²) >= 11 is 0. The SMILES string of the molecule is CNC(=O)[C@H](CC(C)C(N)=O)C[C@@H](O)[CH]Cc1ccc(OCc2ccccc2)cc1.